The van der Waals surface area contributed by atoms with Gasteiger partial charge in [0.2, 0.25) is 0 Å². The van der Waals surface area contributed by atoms with Gasteiger partial charge in [-0.3, -0.25) is 14.9 Å². The summed E-state index contributed by atoms with van der Waals surface area (Å²) in [6.45, 7) is 2.13. The number of anilines is 1. The van der Waals surface area contributed by atoms with E-state index in [4.69, 9.17) is 14.1 Å². The molecule has 2 aromatic heterocycles. The second-order valence-corrected chi connectivity index (χ2v) is 8.86. The van der Waals surface area contributed by atoms with Gasteiger partial charge >= 0.3 is 6.03 Å². The molecule has 3 aliphatic rings. The minimum Gasteiger partial charge on any atom is -0.497 e. The van der Waals surface area contributed by atoms with E-state index >= 15 is 0 Å². The van der Waals surface area contributed by atoms with Gasteiger partial charge in [-0.1, -0.05) is 6.07 Å². The van der Waals surface area contributed by atoms with Crippen LogP contribution in [0.4, 0.5) is 10.6 Å². The van der Waals surface area contributed by atoms with E-state index in [9.17, 15) is 14.4 Å². The van der Waals surface area contributed by atoms with Gasteiger partial charge < -0.3 is 24.3 Å². The van der Waals surface area contributed by atoms with Gasteiger partial charge in [0.25, 0.3) is 11.8 Å². The summed E-state index contributed by atoms with van der Waals surface area (Å²) >= 11 is 0. The van der Waals surface area contributed by atoms with Gasteiger partial charge in [0, 0.05) is 31.3 Å². The quantitative estimate of drug-likeness (QED) is 0.559. The molecule has 2 saturated heterocycles. The molecule has 3 aromatic rings. The molecule has 0 spiro atoms. The third-order valence-corrected chi connectivity index (χ3v) is 6.78. The Labute approximate surface area is 194 Å². The van der Waals surface area contributed by atoms with E-state index < -0.39 is 17.5 Å². The summed E-state index contributed by atoms with van der Waals surface area (Å²) in [5.41, 5.74) is 0.876. The summed E-state index contributed by atoms with van der Waals surface area (Å²) in [6, 6.07) is 10.1. The number of aromatic nitrogens is 1. The van der Waals surface area contributed by atoms with Gasteiger partial charge in [0.05, 0.1) is 13.7 Å². The van der Waals surface area contributed by atoms with Crippen molar-refractivity contribution in [3.63, 3.8) is 0 Å². The smallest absolute Gasteiger partial charge is 0.322 e. The fourth-order valence-corrected chi connectivity index (χ4v) is 4.98. The van der Waals surface area contributed by atoms with Gasteiger partial charge in [0.1, 0.15) is 22.8 Å². The normalized spacial score (nSPS) is 21.9. The molecule has 2 fully saturated rings. The number of urea groups is 1. The van der Waals surface area contributed by atoms with Crippen LogP contribution in [0, 0.1) is 0 Å². The molecule has 2 N–H and O–H groups in total. The number of hydrogen-bond acceptors (Lipinski definition) is 7. The van der Waals surface area contributed by atoms with Crippen molar-refractivity contribution in [2.24, 2.45) is 0 Å². The van der Waals surface area contributed by atoms with Crippen molar-refractivity contribution in [3.8, 4) is 5.75 Å². The Balaban J connectivity index is 1.36. The fraction of sp³-hybridized carbons (Fsp3) is 0.333. The van der Waals surface area contributed by atoms with Crippen molar-refractivity contribution in [1.82, 2.24) is 20.5 Å². The Bertz CT molecular complexity index is 1340. The molecule has 0 bridgehead atoms. The summed E-state index contributed by atoms with van der Waals surface area (Å²) in [4.78, 5) is 46.9. The molecular formula is C24H23N5O5. The molecule has 3 aliphatic heterocycles. The molecule has 4 amide bonds. The first-order valence-electron chi connectivity index (χ1n) is 11.2. The molecule has 5 heterocycles. The summed E-state index contributed by atoms with van der Waals surface area (Å²) in [5.74, 6) is 0.849. The zero-order valence-electron chi connectivity index (χ0n) is 18.6. The molecule has 34 heavy (non-hydrogen) atoms. The van der Waals surface area contributed by atoms with Crippen molar-refractivity contribution in [3.05, 3.63) is 53.3 Å². The standard InChI is InChI=1S/C24H23N5O5/c1-33-15-5-4-14-12-29(21(30)16(14)10-15)13-24(22(31)26-23(32)27-24)19-11-17-18(34-19)6-7-20(25-17)28-8-2-3-9-28/h4-7,10-11H,2-3,8-9,12-13H2,1H3,(H2,26,27,31,32). The first-order chi connectivity index (χ1) is 16.5. The van der Waals surface area contributed by atoms with E-state index in [-0.39, 0.29) is 18.2 Å². The molecule has 174 valence electrons. The summed E-state index contributed by atoms with van der Waals surface area (Å²) < 4.78 is 11.3. The van der Waals surface area contributed by atoms with E-state index in [2.05, 4.69) is 15.5 Å². The molecule has 1 unspecified atom stereocenters. The SMILES string of the molecule is COc1ccc2c(c1)C(=O)N(CC1(c3cc4nc(N5CCCC5)ccc4o3)NC(=O)NC1=O)C2. The number of furan rings is 1. The maximum absolute atomic E-state index is 13.2. The maximum Gasteiger partial charge on any atom is 0.322 e. The number of ether oxygens (including phenoxy) is 1. The van der Waals surface area contributed by atoms with Crippen molar-refractivity contribution >= 4 is 34.8 Å². The van der Waals surface area contributed by atoms with Crippen LogP contribution in [0.1, 0.15) is 34.5 Å². The van der Waals surface area contributed by atoms with E-state index in [1.165, 1.54) is 12.0 Å². The highest BCUT2D eigenvalue weighted by Gasteiger charge is 2.53. The number of rotatable bonds is 5. The number of imide groups is 1. The Morgan fingerprint density at radius 2 is 1.94 bits per heavy atom. The van der Waals surface area contributed by atoms with Crippen LogP contribution in [0.5, 0.6) is 5.75 Å². The van der Waals surface area contributed by atoms with Crippen LogP contribution in [-0.2, 0) is 16.9 Å². The number of fused-ring (bicyclic) bond motifs is 2. The number of benzene rings is 1. The van der Waals surface area contributed by atoms with Crippen molar-refractivity contribution < 1.29 is 23.5 Å². The lowest BCUT2D eigenvalue weighted by Gasteiger charge is -2.28. The van der Waals surface area contributed by atoms with Gasteiger partial charge in [-0.2, -0.15) is 0 Å². The lowest BCUT2D eigenvalue weighted by Crippen LogP contribution is -2.52. The molecule has 0 aliphatic carbocycles. The number of pyridine rings is 1. The monoisotopic (exact) mass is 461 g/mol. The minimum atomic E-state index is -1.56. The Morgan fingerprint density at radius 1 is 1.12 bits per heavy atom. The molecule has 1 atom stereocenters. The largest absolute Gasteiger partial charge is 0.497 e. The molecule has 0 saturated carbocycles. The molecular weight excluding hydrogens is 438 g/mol. The van der Waals surface area contributed by atoms with Gasteiger partial charge in [-0.25, -0.2) is 9.78 Å². The highest BCUT2D eigenvalue weighted by atomic mass is 16.5. The molecule has 0 radical (unpaired) electrons. The number of amides is 4. The fourth-order valence-electron chi connectivity index (χ4n) is 4.98. The van der Waals surface area contributed by atoms with Crippen LogP contribution in [0.15, 0.2) is 40.8 Å². The predicted molar refractivity (Wildman–Crippen MR) is 122 cm³/mol. The van der Waals surface area contributed by atoms with E-state index in [0.717, 1.165) is 37.3 Å². The number of methoxy groups -OCH3 is 1. The number of carbonyl (C=O) groups excluding carboxylic acids is 3. The summed E-state index contributed by atoms with van der Waals surface area (Å²) in [6.07, 6.45) is 2.26. The molecule has 1 aromatic carbocycles. The first kappa shape index (κ1) is 20.5. The van der Waals surface area contributed by atoms with Gasteiger partial charge in [-0.15, -0.1) is 0 Å². The average Bonchev–Trinajstić information content (AvgIpc) is 3.61. The van der Waals surface area contributed by atoms with Gasteiger partial charge in [-0.05, 0) is 42.7 Å². The Morgan fingerprint density at radius 3 is 2.68 bits per heavy atom. The van der Waals surface area contributed by atoms with E-state index in [0.29, 0.717) is 29.0 Å². The van der Waals surface area contributed by atoms with Crippen LogP contribution in [-0.4, -0.2) is 54.5 Å². The molecule has 6 rings (SSSR count). The first-order valence-corrected chi connectivity index (χ1v) is 11.2. The van der Waals surface area contributed by atoms with Crippen molar-refractivity contribution in [1.29, 1.82) is 0 Å². The lowest BCUT2D eigenvalue weighted by molar-refractivity contribution is -0.125. The lowest BCUT2D eigenvalue weighted by atomic mass is 9.95. The van der Waals surface area contributed by atoms with Gasteiger partial charge in [0.15, 0.2) is 11.1 Å². The average molecular weight is 461 g/mol. The minimum absolute atomic E-state index is 0.0841. The van der Waals surface area contributed by atoms with E-state index in [1.807, 2.05) is 18.2 Å². The number of carbonyl (C=O) groups is 3. The van der Waals surface area contributed by atoms with Crippen LogP contribution in [0.3, 0.4) is 0 Å². The highest BCUT2D eigenvalue weighted by Crippen LogP contribution is 2.35. The Kier molecular flexibility index (Phi) is 4.51. The number of nitrogens with zero attached hydrogens (tertiary/aromatic N) is 3. The zero-order valence-corrected chi connectivity index (χ0v) is 18.6. The van der Waals surface area contributed by atoms with Crippen LogP contribution in [0.2, 0.25) is 0 Å². The summed E-state index contributed by atoms with van der Waals surface area (Å²) in [7, 11) is 1.54. The number of nitrogens with one attached hydrogen (secondary N) is 2. The third kappa shape index (κ3) is 3.09. The molecule has 10 nitrogen and oxygen atoms in total. The number of hydrogen-bond donors (Lipinski definition) is 2. The second-order valence-electron chi connectivity index (χ2n) is 8.86. The van der Waals surface area contributed by atoms with Crippen LogP contribution in [0.25, 0.3) is 11.1 Å². The zero-order chi connectivity index (χ0) is 23.4. The van der Waals surface area contributed by atoms with Crippen LogP contribution >= 0.6 is 0 Å². The Hall–Kier alpha value is -4.08. The predicted octanol–water partition coefficient (Wildman–Crippen LogP) is 2.13. The summed E-state index contributed by atoms with van der Waals surface area (Å²) in [5, 5.41) is 5.01. The van der Waals surface area contributed by atoms with E-state index in [1.54, 1.807) is 18.2 Å². The highest BCUT2D eigenvalue weighted by molar-refractivity contribution is 6.08. The molecule has 10 heteroatoms. The topological polar surface area (TPSA) is 117 Å². The van der Waals surface area contributed by atoms with Crippen molar-refractivity contribution in [2.45, 2.75) is 24.9 Å². The third-order valence-electron chi connectivity index (χ3n) is 6.78. The second kappa shape index (κ2) is 7.47. The van der Waals surface area contributed by atoms with Crippen LogP contribution < -0.4 is 20.3 Å². The maximum atomic E-state index is 13.2. The van der Waals surface area contributed by atoms with Crippen molar-refractivity contribution in [2.75, 3.05) is 31.6 Å².